The monoisotopic (exact) mass is 484 g/mol. The molecular formula is C28H37FN2O4. The van der Waals surface area contributed by atoms with Gasteiger partial charge in [-0.25, -0.2) is 4.79 Å². The molecule has 0 aliphatic heterocycles. The van der Waals surface area contributed by atoms with Crippen molar-refractivity contribution in [2.75, 3.05) is 26.4 Å². The maximum atomic E-state index is 13.3. The first-order valence-corrected chi connectivity index (χ1v) is 12.6. The van der Waals surface area contributed by atoms with Crippen LogP contribution in [-0.2, 0) is 9.53 Å². The van der Waals surface area contributed by atoms with Gasteiger partial charge < -0.3 is 15.2 Å². The highest BCUT2D eigenvalue weighted by atomic mass is 19.1. The van der Waals surface area contributed by atoms with Crippen LogP contribution in [0.15, 0.2) is 48.5 Å². The zero-order chi connectivity index (χ0) is 25.2. The lowest BCUT2D eigenvalue weighted by Crippen LogP contribution is -2.49. The third kappa shape index (κ3) is 7.04. The van der Waals surface area contributed by atoms with Crippen molar-refractivity contribution < 1.29 is 23.8 Å². The van der Waals surface area contributed by atoms with Crippen LogP contribution < -0.4 is 5.32 Å². The number of alkyl halides is 1. The van der Waals surface area contributed by atoms with Gasteiger partial charge in [-0.3, -0.25) is 14.1 Å². The second kappa shape index (κ2) is 13.2. The molecule has 0 fully saturated rings. The largest absolute Gasteiger partial charge is 0.480 e. The van der Waals surface area contributed by atoms with Crippen molar-refractivity contribution in [3.8, 4) is 11.1 Å². The number of nitrogens with one attached hydrogen (secondary N) is 1. The van der Waals surface area contributed by atoms with E-state index in [0.717, 1.165) is 47.9 Å². The number of amides is 1. The van der Waals surface area contributed by atoms with Gasteiger partial charge in [0.1, 0.15) is 12.6 Å². The van der Waals surface area contributed by atoms with Gasteiger partial charge in [-0.2, -0.15) is 0 Å². The fraction of sp³-hybridized carbons (Fsp3) is 0.500. The van der Waals surface area contributed by atoms with Crippen LogP contribution in [0.5, 0.6) is 0 Å². The number of fused-ring (bicyclic) bond motifs is 3. The highest BCUT2D eigenvalue weighted by Gasteiger charge is 2.30. The van der Waals surface area contributed by atoms with Gasteiger partial charge in [0.25, 0.3) is 0 Å². The number of carboxylic acid groups (broad SMARTS) is 1. The maximum absolute atomic E-state index is 13.3. The summed E-state index contributed by atoms with van der Waals surface area (Å²) in [6.45, 7) is 4.15. The molecule has 0 spiro atoms. The first-order chi connectivity index (χ1) is 17.0. The molecule has 35 heavy (non-hydrogen) atoms. The van der Waals surface area contributed by atoms with E-state index in [2.05, 4.69) is 36.5 Å². The number of rotatable bonds is 14. The summed E-state index contributed by atoms with van der Waals surface area (Å²) in [6, 6.07) is 15.0. The van der Waals surface area contributed by atoms with Crippen LogP contribution in [0.4, 0.5) is 9.18 Å². The number of hydrogen-bond donors (Lipinski definition) is 2. The van der Waals surface area contributed by atoms with Gasteiger partial charge in [0.05, 0.1) is 6.67 Å². The summed E-state index contributed by atoms with van der Waals surface area (Å²) < 4.78 is 18.9. The SMILES string of the molecule is CCCCCCN(C[C@@H](CCF)NC(=O)OCC1c2ccccc2-c2ccccc21)[C@@H](C)C(=O)O. The number of unbranched alkanes of at least 4 members (excludes halogenated alkanes) is 3. The van der Waals surface area contributed by atoms with E-state index in [4.69, 9.17) is 4.74 Å². The number of carbonyl (C=O) groups excluding carboxylic acids is 1. The van der Waals surface area contributed by atoms with Gasteiger partial charge in [-0.1, -0.05) is 74.7 Å². The Kier molecular flexibility index (Phi) is 10.1. The van der Waals surface area contributed by atoms with Crippen LogP contribution in [-0.4, -0.2) is 60.5 Å². The standard InChI is InChI=1S/C28H37FN2O4/c1-3-4-5-10-17-31(20(2)27(32)33)18-21(15-16-29)30-28(34)35-19-26-24-13-8-6-11-22(24)23-12-7-9-14-25(23)26/h6-9,11-14,20-21,26H,3-5,10,15-19H2,1-2H3,(H,30,34)(H,32,33)/t20-,21+/m0/s1. The summed E-state index contributed by atoms with van der Waals surface area (Å²) in [7, 11) is 0. The molecule has 1 amide bonds. The molecule has 0 bridgehead atoms. The van der Waals surface area contributed by atoms with Gasteiger partial charge in [-0.05, 0) is 48.6 Å². The predicted octanol–water partition coefficient (Wildman–Crippen LogP) is 5.61. The van der Waals surface area contributed by atoms with Crippen LogP contribution in [0, 0.1) is 0 Å². The van der Waals surface area contributed by atoms with Gasteiger partial charge in [0.15, 0.2) is 0 Å². The molecule has 1 aliphatic rings. The Morgan fingerprint density at radius 1 is 1.06 bits per heavy atom. The van der Waals surface area contributed by atoms with Crippen molar-refractivity contribution in [1.29, 1.82) is 0 Å². The van der Waals surface area contributed by atoms with E-state index < -0.39 is 30.8 Å². The molecule has 7 heteroatoms. The summed E-state index contributed by atoms with van der Waals surface area (Å²) in [4.78, 5) is 26.1. The molecule has 2 atom stereocenters. The quantitative estimate of drug-likeness (QED) is 0.341. The van der Waals surface area contributed by atoms with Crippen LogP contribution in [0.25, 0.3) is 11.1 Å². The molecule has 2 aromatic rings. The first kappa shape index (κ1) is 26.7. The number of carboxylic acids is 1. The second-order valence-corrected chi connectivity index (χ2v) is 9.21. The Bertz CT molecular complexity index is 937. The number of benzene rings is 2. The molecule has 6 nitrogen and oxygen atoms in total. The van der Waals surface area contributed by atoms with Crippen molar-refractivity contribution in [2.45, 2.75) is 64.0 Å². The zero-order valence-electron chi connectivity index (χ0n) is 20.7. The molecule has 0 aromatic heterocycles. The van der Waals surface area contributed by atoms with Crippen LogP contribution in [0.3, 0.4) is 0 Å². The zero-order valence-corrected chi connectivity index (χ0v) is 20.7. The van der Waals surface area contributed by atoms with Gasteiger partial charge in [-0.15, -0.1) is 0 Å². The van der Waals surface area contributed by atoms with E-state index in [0.29, 0.717) is 6.54 Å². The van der Waals surface area contributed by atoms with E-state index in [1.807, 2.05) is 29.2 Å². The number of alkyl carbamates (subject to hydrolysis) is 1. The second-order valence-electron chi connectivity index (χ2n) is 9.21. The topological polar surface area (TPSA) is 78.9 Å². The fourth-order valence-corrected chi connectivity index (χ4v) is 4.77. The third-order valence-corrected chi connectivity index (χ3v) is 6.78. The Balaban J connectivity index is 1.61. The lowest BCUT2D eigenvalue weighted by atomic mass is 9.98. The number of carbonyl (C=O) groups is 2. The number of halogens is 1. The summed E-state index contributed by atoms with van der Waals surface area (Å²) in [6.07, 6.45) is 3.52. The summed E-state index contributed by atoms with van der Waals surface area (Å²) in [5.74, 6) is -0.990. The van der Waals surface area contributed by atoms with E-state index >= 15 is 0 Å². The minimum absolute atomic E-state index is 0.0603. The molecule has 0 radical (unpaired) electrons. The fourth-order valence-electron chi connectivity index (χ4n) is 4.77. The lowest BCUT2D eigenvalue weighted by molar-refractivity contribution is -0.142. The number of hydrogen-bond acceptors (Lipinski definition) is 4. The molecule has 0 unspecified atom stereocenters. The summed E-state index contributed by atoms with van der Waals surface area (Å²) in [5.41, 5.74) is 4.54. The Labute approximate surface area is 207 Å². The molecule has 0 saturated heterocycles. The normalized spacial score (nSPS) is 14.3. The summed E-state index contributed by atoms with van der Waals surface area (Å²) in [5, 5.41) is 12.3. The van der Waals surface area contributed by atoms with E-state index in [-0.39, 0.29) is 25.5 Å². The Hall–Kier alpha value is -2.93. The smallest absolute Gasteiger partial charge is 0.407 e. The van der Waals surface area contributed by atoms with Crippen molar-refractivity contribution in [3.05, 3.63) is 59.7 Å². The van der Waals surface area contributed by atoms with Crippen LogP contribution in [0.1, 0.15) is 63.0 Å². The summed E-state index contributed by atoms with van der Waals surface area (Å²) >= 11 is 0. The minimum atomic E-state index is -0.930. The third-order valence-electron chi connectivity index (χ3n) is 6.78. The minimum Gasteiger partial charge on any atom is -0.480 e. The molecule has 1 aliphatic carbocycles. The first-order valence-electron chi connectivity index (χ1n) is 12.6. The van der Waals surface area contributed by atoms with Gasteiger partial charge >= 0.3 is 12.1 Å². The molecule has 0 heterocycles. The van der Waals surface area contributed by atoms with Crippen molar-refractivity contribution >= 4 is 12.1 Å². The van der Waals surface area contributed by atoms with E-state index in [9.17, 15) is 19.1 Å². The van der Waals surface area contributed by atoms with Gasteiger partial charge in [0, 0.05) is 18.5 Å². The van der Waals surface area contributed by atoms with Crippen LogP contribution in [0.2, 0.25) is 0 Å². The van der Waals surface area contributed by atoms with Crippen LogP contribution >= 0.6 is 0 Å². The maximum Gasteiger partial charge on any atom is 0.407 e. The van der Waals surface area contributed by atoms with Crippen molar-refractivity contribution in [1.82, 2.24) is 10.2 Å². The van der Waals surface area contributed by atoms with Crippen molar-refractivity contribution in [3.63, 3.8) is 0 Å². The molecule has 2 N–H and O–H groups in total. The highest BCUT2D eigenvalue weighted by molar-refractivity contribution is 5.79. The number of ether oxygens (including phenoxy) is 1. The number of nitrogens with zero attached hydrogens (tertiary/aromatic N) is 1. The Morgan fingerprint density at radius 2 is 1.69 bits per heavy atom. The molecular weight excluding hydrogens is 447 g/mol. The highest BCUT2D eigenvalue weighted by Crippen LogP contribution is 2.44. The molecule has 2 aromatic carbocycles. The molecule has 190 valence electrons. The lowest BCUT2D eigenvalue weighted by Gasteiger charge is -2.30. The van der Waals surface area contributed by atoms with E-state index in [1.54, 1.807) is 6.92 Å². The number of aliphatic carboxylic acids is 1. The van der Waals surface area contributed by atoms with Crippen molar-refractivity contribution in [2.24, 2.45) is 0 Å². The Morgan fingerprint density at radius 3 is 2.26 bits per heavy atom. The van der Waals surface area contributed by atoms with Gasteiger partial charge in [0.2, 0.25) is 0 Å². The molecule has 0 saturated carbocycles. The average molecular weight is 485 g/mol. The molecule has 3 rings (SSSR count). The van der Waals surface area contributed by atoms with E-state index in [1.165, 1.54) is 0 Å². The average Bonchev–Trinajstić information content (AvgIpc) is 3.18. The predicted molar refractivity (Wildman–Crippen MR) is 135 cm³/mol.